The minimum Gasteiger partial charge on any atom is -0.489 e. The summed E-state index contributed by atoms with van der Waals surface area (Å²) >= 11 is 3.30. The summed E-state index contributed by atoms with van der Waals surface area (Å²) in [6.07, 6.45) is 0. The Kier molecular flexibility index (Phi) is 4.15. The lowest BCUT2D eigenvalue weighted by molar-refractivity contribution is 0.270. The number of nitrogens with zero attached hydrogens (tertiary/aromatic N) is 1. The van der Waals surface area contributed by atoms with Crippen molar-refractivity contribution in [3.8, 4) is 5.75 Å². The van der Waals surface area contributed by atoms with Gasteiger partial charge < -0.3 is 4.74 Å². The Hall–Kier alpha value is -0.640. The molecule has 0 bridgehead atoms. The maximum atomic E-state index is 11.8. The van der Waals surface area contributed by atoms with E-state index in [1.807, 2.05) is 19.1 Å². The summed E-state index contributed by atoms with van der Waals surface area (Å²) in [7, 11) is 0. The topological polar surface area (TPSA) is 22.1 Å². The molecule has 2 nitrogen and oxygen atoms in total. The van der Waals surface area contributed by atoms with Crippen LogP contribution in [-0.4, -0.2) is 18.3 Å². The fourth-order valence-corrected chi connectivity index (χ4v) is 1.38. The average Bonchev–Trinajstić information content (AvgIpc) is 2.16. The van der Waals surface area contributed by atoms with Gasteiger partial charge in [-0.05, 0) is 19.1 Å². The Morgan fingerprint density at radius 3 is 2.92 bits per heavy atom. The van der Waals surface area contributed by atoms with Crippen LogP contribution in [-0.2, 0) is 5.33 Å². The van der Waals surface area contributed by atoms with Crippen LogP contribution in [0.2, 0.25) is 0 Å². The highest BCUT2D eigenvalue weighted by Crippen LogP contribution is 2.19. The summed E-state index contributed by atoms with van der Waals surface area (Å²) in [5.41, 5.74) is 1.75. The van der Waals surface area contributed by atoms with E-state index in [0.717, 1.165) is 11.4 Å². The van der Waals surface area contributed by atoms with Gasteiger partial charge >= 0.3 is 0 Å². The number of aromatic nitrogens is 1. The first-order chi connectivity index (χ1) is 6.27. The van der Waals surface area contributed by atoms with Crippen LogP contribution in [0, 0.1) is 6.92 Å². The molecule has 0 N–H and O–H groups in total. The maximum Gasteiger partial charge on any atom is 0.141 e. The van der Waals surface area contributed by atoms with E-state index in [2.05, 4.69) is 20.9 Å². The van der Waals surface area contributed by atoms with E-state index in [9.17, 15) is 4.39 Å². The van der Waals surface area contributed by atoms with Crippen molar-refractivity contribution in [2.24, 2.45) is 0 Å². The fraction of sp³-hybridized carbons (Fsp3) is 0.444. The van der Waals surface area contributed by atoms with Crippen LogP contribution < -0.4 is 4.74 Å². The number of hydrogen-bond donors (Lipinski definition) is 0. The molecule has 0 radical (unpaired) electrons. The summed E-state index contributed by atoms with van der Waals surface area (Å²) in [4.78, 5) is 4.25. The summed E-state index contributed by atoms with van der Waals surface area (Å²) in [6.45, 7) is 1.52. The molecule has 0 aromatic carbocycles. The molecule has 0 aliphatic carbocycles. The first-order valence-electron chi connectivity index (χ1n) is 3.99. The lowest BCUT2D eigenvalue weighted by Crippen LogP contribution is -2.02. The molecular formula is C9H11BrFNO. The van der Waals surface area contributed by atoms with E-state index < -0.39 is 6.67 Å². The van der Waals surface area contributed by atoms with Gasteiger partial charge in [0.05, 0.1) is 5.69 Å². The second-order valence-electron chi connectivity index (χ2n) is 2.57. The molecule has 0 saturated carbocycles. The molecule has 0 saturated heterocycles. The van der Waals surface area contributed by atoms with E-state index in [0.29, 0.717) is 11.1 Å². The molecule has 0 fully saturated rings. The monoisotopic (exact) mass is 247 g/mol. The van der Waals surface area contributed by atoms with Gasteiger partial charge in [-0.1, -0.05) is 15.9 Å². The van der Waals surface area contributed by atoms with E-state index in [4.69, 9.17) is 4.74 Å². The van der Waals surface area contributed by atoms with Crippen LogP contribution in [0.3, 0.4) is 0 Å². The molecule has 0 aliphatic heterocycles. The fourth-order valence-electron chi connectivity index (χ4n) is 0.973. The van der Waals surface area contributed by atoms with Gasteiger partial charge in [-0.25, -0.2) is 4.39 Å². The van der Waals surface area contributed by atoms with E-state index in [1.165, 1.54) is 0 Å². The second-order valence-corrected chi connectivity index (χ2v) is 3.13. The van der Waals surface area contributed by atoms with Crippen LogP contribution in [0.5, 0.6) is 5.75 Å². The lowest BCUT2D eigenvalue weighted by atomic mass is 10.3. The van der Waals surface area contributed by atoms with Crippen molar-refractivity contribution in [3.63, 3.8) is 0 Å². The Labute approximate surface area is 85.3 Å². The maximum absolute atomic E-state index is 11.8. The van der Waals surface area contributed by atoms with Crippen molar-refractivity contribution >= 4 is 15.9 Å². The highest BCUT2D eigenvalue weighted by atomic mass is 79.9. The summed E-state index contributed by atoms with van der Waals surface area (Å²) in [5, 5.41) is 0.621. The van der Waals surface area contributed by atoms with Gasteiger partial charge in [-0.3, -0.25) is 4.98 Å². The number of ether oxygens (including phenoxy) is 1. The molecular weight excluding hydrogens is 237 g/mol. The molecule has 1 aromatic rings. The third-order valence-electron chi connectivity index (χ3n) is 1.53. The molecule has 1 heterocycles. The zero-order chi connectivity index (χ0) is 9.68. The van der Waals surface area contributed by atoms with Gasteiger partial charge in [0.15, 0.2) is 0 Å². The molecule has 13 heavy (non-hydrogen) atoms. The van der Waals surface area contributed by atoms with Crippen molar-refractivity contribution in [1.82, 2.24) is 4.98 Å². The van der Waals surface area contributed by atoms with Crippen molar-refractivity contribution in [1.29, 1.82) is 0 Å². The SMILES string of the molecule is Cc1ccc(OCCF)c(CBr)n1. The summed E-state index contributed by atoms with van der Waals surface area (Å²) < 4.78 is 17.0. The highest BCUT2D eigenvalue weighted by Gasteiger charge is 2.03. The predicted molar refractivity (Wildman–Crippen MR) is 53.1 cm³/mol. The zero-order valence-corrected chi connectivity index (χ0v) is 8.97. The second kappa shape index (κ2) is 5.17. The lowest BCUT2D eigenvalue weighted by Gasteiger charge is -2.07. The van der Waals surface area contributed by atoms with Crippen molar-refractivity contribution in [3.05, 3.63) is 23.5 Å². The summed E-state index contributed by atoms with van der Waals surface area (Å²) in [5.74, 6) is 0.653. The predicted octanol–water partition coefficient (Wildman–Crippen LogP) is 2.63. The van der Waals surface area contributed by atoms with Gasteiger partial charge in [-0.2, -0.15) is 0 Å². The van der Waals surface area contributed by atoms with E-state index >= 15 is 0 Å². The first-order valence-corrected chi connectivity index (χ1v) is 5.11. The van der Waals surface area contributed by atoms with Crippen molar-refractivity contribution < 1.29 is 9.13 Å². The average molecular weight is 248 g/mol. The third-order valence-corrected chi connectivity index (χ3v) is 2.06. The van der Waals surface area contributed by atoms with Crippen LogP contribution >= 0.6 is 15.9 Å². The van der Waals surface area contributed by atoms with Gasteiger partial charge in [0.2, 0.25) is 0 Å². The quantitative estimate of drug-likeness (QED) is 0.764. The molecule has 4 heteroatoms. The normalized spacial score (nSPS) is 10.1. The molecule has 1 rings (SSSR count). The highest BCUT2D eigenvalue weighted by molar-refractivity contribution is 9.08. The molecule has 0 aliphatic rings. The Morgan fingerprint density at radius 1 is 1.54 bits per heavy atom. The first kappa shape index (κ1) is 10.4. The smallest absolute Gasteiger partial charge is 0.141 e. The molecule has 0 atom stereocenters. The van der Waals surface area contributed by atoms with Gasteiger partial charge in [0, 0.05) is 11.0 Å². The van der Waals surface area contributed by atoms with Crippen LogP contribution in [0.4, 0.5) is 4.39 Å². The number of halogens is 2. The Balaban J connectivity index is 2.79. The third kappa shape index (κ3) is 2.95. The van der Waals surface area contributed by atoms with Gasteiger partial charge in [0.25, 0.3) is 0 Å². The minimum atomic E-state index is -0.477. The van der Waals surface area contributed by atoms with Gasteiger partial charge in [0.1, 0.15) is 19.0 Å². The van der Waals surface area contributed by atoms with Crippen LogP contribution in [0.25, 0.3) is 0 Å². The number of rotatable bonds is 4. The molecule has 0 spiro atoms. The van der Waals surface area contributed by atoms with Crippen molar-refractivity contribution in [2.45, 2.75) is 12.3 Å². The number of pyridine rings is 1. The zero-order valence-electron chi connectivity index (χ0n) is 7.39. The van der Waals surface area contributed by atoms with Crippen LogP contribution in [0.15, 0.2) is 12.1 Å². The molecule has 0 amide bonds. The minimum absolute atomic E-state index is 0.0880. The van der Waals surface area contributed by atoms with Crippen LogP contribution in [0.1, 0.15) is 11.4 Å². The van der Waals surface area contributed by atoms with Crippen molar-refractivity contribution in [2.75, 3.05) is 13.3 Å². The number of hydrogen-bond acceptors (Lipinski definition) is 2. The van der Waals surface area contributed by atoms with Gasteiger partial charge in [-0.15, -0.1) is 0 Å². The molecule has 72 valence electrons. The number of alkyl halides is 2. The largest absolute Gasteiger partial charge is 0.489 e. The Morgan fingerprint density at radius 2 is 2.31 bits per heavy atom. The number of aryl methyl sites for hydroxylation is 1. The summed E-state index contributed by atoms with van der Waals surface area (Å²) in [6, 6.07) is 3.66. The van der Waals surface area contributed by atoms with E-state index in [1.54, 1.807) is 0 Å². The van der Waals surface area contributed by atoms with E-state index in [-0.39, 0.29) is 6.61 Å². The molecule has 0 unspecified atom stereocenters. The standard InChI is InChI=1S/C9H11BrFNO/c1-7-2-3-9(13-5-4-11)8(6-10)12-7/h2-3H,4-6H2,1H3. The Bertz CT molecular complexity index is 280. The molecule has 1 aromatic heterocycles.